The molecule has 4 rings (SSSR count). The van der Waals surface area contributed by atoms with Gasteiger partial charge in [-0.3, -0.25) is 18.9 Å². The molecule has 1 fully saturated rings. The number of carbonyl (C=O) groups is 1. The zero-order valence-corrected chi connectivity index (χ0v) is 13.3. The minimum absolute atomic E-state index is 0.0660. The highest BCUT2D eigenvalue weighted by Gasteiger charge is 2.31. The molecule has 0 spiro atoms. The van der Waals surface area contributed by atoms with Crippen LogP contribution in [-0.2, 0) is 7.05 Å². The van der Waals surface area contributed by atoms with Crippen molar-refractivity contribution >= 4 is 17.1 Å². The molecular formula is C17H17N5O2. The van der Waals surface area contributed by atoms with Crippen molar-refractivity contribution < 1.29 is 4.79 Å². The van der Waals surface area contributed by atoms with Crippen LogP contribution in [0, 0.1) is 0 Å². The molecule has 3 aromatic heterocycles. The van der Waals surface area contributed by atoms with Gasteiger partial charge in [-0.25, -0.2) is 9.78 Å². The van der Waals surface area contributed by atoms with Crippen LogP contribution in [-0.4, -0.2) is 43.0 Å². The summed E-state index contributed by atoms with van der Waals surface area (Å²) in [4.78, 5) is 35.4. The fourth-order valence-electron chi connectivity index (χ4n) is 3.31. The van der Waals surface area contributed by atoms with Gasteiger partial charge < -0.3 is 4.90 Å². The van der Waals surface area contributed by atoms with Gasteiger partial charge in [-0.1, -0.05) is 6.07 Å². The van der Waals surface area contributed by atoms with Gasteiger partial charge in [0.05, 0.1) is 11.6 Å². The Morgan fingerprint density at radius 1 is 1.17 bits per heavy atom. The van der Waals surface area contributed by atoms with Crippen LogP contribution >= 0.6 is 0 Å². The van der Waals surface area contributed by atoms with Crippen LogP contribution in [0.2, 0.25) is 0 Å². The molecule has 0 aliphatic carbocycles. The maximum absolute atomic E-state index is 12.6. The van der Waals surface area contributed by atoms with E-state index in [0.717, 1.165) is 11.9 Å². The number of hydrogen-bond donors (Lipinski definition) is 0. The summed E-state index contributed by atoms with van der Waals surface area (Å²) in [5, 5.41) is 0. The van der Waals surface area contributed by atoms with Crippen LogP contribution in [0.25, 0.3) is 11.2 Å². The first-order chi connectivity index (χ1) is 11.7. The third-order valence-electron chi connectivity index (χ3n) is 4.55. The van der Waals surface area contributed by atoms with Crippen molar-refractivity contribution in [1.29, 1.82) is 0 Å². The number of aryl methyl sites for hydroxylation is 1. The molecule has 0 radical (unpaired) electrons. The van der Waals surface area contributed by atoms with Gasteiger partial charge in [0.2, 0.25) is 0 Å². The number of rotatable bonds is 2. The van der Waals surface area contributed by atoms with E-state index in [4.69, 9.17) is 0 Å². The first kappa shape index (κ1) is 14.6. The molecule has 0 unspecified atom stereocenters. The second-order valence-corrected chi connectivity index (χ2v) is 5.97. The number of likely N-dealkylation sites (tertiary alicyclic amines) is 1. The van der Waals surface area contributed by atoms with Gasteiger partial charge >= 0.3 is 5.69 Å². The number of carbonyl (C=O) groups excluding carboxylic acids is 1. The molecule has 1 aliphatic rings. The van der Waals surface area contributed by atoms with E-state index in [2.05, 4.69) is 9.97 Å². The van der Waals surface area contributed by atoms with Crippen molar-refractivity contribution in [2.45, 2.75) is 12.5 Å². The van der Waals surface area contributed by atoms with E-state index in [1.54, 1.807) is 51.7 Å². The monoisotopic (exact) mass is 323 g/mol. The van der Waals surface area contributed by atoms with Crippen LogP contribution in [0.1, 0.15) is 23.0 Å². The van der Waals surface area contributed by atoms with Crippen LogP contribution in [0.3, 0.4) is 0 Å². The standard InChI is InChI=1S/C17H17N5O2/c1-20-14-6-4-9-19-15(14)22(17(20)24)12-7-10-21(11-12)16(23)13-5-2-3-8-18-13/h2-6,8-9,12H,7,10-11H2,1H3/t12-/m1/s1. The Bertz CT molecular complexity index is 960. The summed E-state index contributed by atoms with van der Waals surface area (Å²) < 4.78 is 3.31. The third-order valence-corrected chi connectivity index (χ3v) is 4.55. The lowest BCUT2D eigenvalue weighted by molar-refractivity contribution is 0.0782. The van der Waals surface area contributed by atoms with Crippen molar-refractivity contribution in [3.05, 3.63) is 58.9 Å². The van der Waals surface area contributed by atoms with Crippen LogP contribution in [0.4, 0.5) is 0 Å². The van der Waals surface area contributed by atoms with Crippen molar-refractivity contribution in [2.24, 2.45) is 7.05 Å². The molecule has 24 heavy (non-hydrogen) atoms. The molecule has 0 saturated carbocycles. The quantitative estimate of drug-likeness (QED) is 0.711. The Kier molecular flexibility index (Phi) is 3.41. The molecular weight excluding hydrogens is 306 g/mol. The topological polar surface area (TPSA) is 73.0 Å². The third kappa shape index (κ3) is 2.20. The molecule has 122 valence electrons. The van der Waals surface area contributed by atoms with E-state index in [-0.39, 0.29) is 17.6 Å². The lowest BCUT2D eigenvalue weighted by Crippen LogP contribution is -2.32. The first-order valence-electron chi connectivity index (χ1n) is 7.89. The second-order valence-electron chi connectivity index (χ2n) is 5.97. The molecule has 1 atom stereocenters. The average Bonchev–Trinajstić information content (AvgIpc) is 3.19. The Balaban J connectivity index is 1.66. The highest BCUT2D eigenvalue weighted by molar-refractivity contribution is 5.92. The zero-order valence-electron chi connectivity index (χ0n) is 13.3. The Labute approximate surface area is 138 Å². The predicted octanol–water partition coefficient (Wildman–Crippen LogP) is 1.22. The lowest BCUT2D eigenvalue weighted by atomic mass is 10.2. The van der Waals surface area contributed by atoms with Gasteiger partial charge in [0.15, 0.2) is 5.65 Å². The van der Waals surface area contributed by atoms with E-state index < -0.39 is 0 Å². The zero-order chi connectivity index (χ0) is 16.7. The Morgan fingerprint density at radius 3 is 2.79 bits per heavy atom. The Hall–Kier alpha value is -2.96. The van der Waals surface area contributed by atoms with Gasteiger partial charge in [-0.05, 0) is 30.7 Å². The minimum Gasteiger partial charge on any atom is -0.335 e. The molecule has 1 aliphatic heterocycles. The highest BCUT2D eigenvalue weighted by Crippen LogP contribution is 2.24. The maximum atomic E-state index is 12.6. The molecule has 3 aromatic rings. The van der Waals surface area contributed by atoms with E-state index in [0.29, 0.717) is 24.4 Å². The van der Waals surface area contributed by atoms with Crippen molar-refractivity contribution in [1.82, 2.24) is 24.0 Å². The number of fused-ring (bicyclic) bond motifs is 1. The van der Waals surface area contributed by atoms with Crippen molar-refractivity contribution in [3.63, 3.8) is 0 Å². The van der Waals surface area contributed by atoms with E-state index in [1.165, 1.54) is 0 Å². The van der Waals surface area contributed by atoms with Crippen LogP contribution in [0.15, 0.2) is 47.5 Å². The number of imidazole rings is 1. The van der Waals surface area contributed by atoms with Crippen molar-refractivity contribution in [3.8, 4) is 0 Å². The van der Waals surface area contributed by atoms with Gasteiger partial charge in [-0.2, -0.15) is 0 Å². The van der Waals surface area contributed by atoms with Crippen LogP contribution in [0.5, 0.6) is 0 Å². The summed E-state index contributed by atoms with van der Waals surface area (Å²) >= 11 is 0. The fraction of sp³-hybridized carbons (Fsp3) is 0.294. The number of aromatic nitrogens is 4. The number of amides is 1. The molecule has 0 bridgehead atoms. The maximum Gasteiger partial charge on any atom is 0.330 e. The normalized spacial score (nSPS) is 17.5. The average molecular weight is 323 g/mol. The molecule has 0 N–H and O–H groups in total. The fourth-order valence-corrected chi connectivity index (χ4v) is 3.31. The van der Waals surface area contributed by atoms with Crippen LogP contribution < -0.4 is 5.69 Å². The van der Waals surface area contributed by atoms with E-state index >= 15 is 0 Å². The molecule has 4 heterocycles. The smallest absolute Gasteiger partial charge is 0.330 e. The summed E-state index contributed by atoms with van der Waals surface area (Å²) in [6.45, 7) is 1.10. The molecule has 1 saturated heterocycles. The van der Waals surface area contributed by atoms with E-state index in [9.17, 15) is 9.59 Å². The molecule has 1 amide bonds. The van der Waals surface area contributed by atoms with Gasteiger partial charge in [-0.15, -0.1) is 0 Å². The molecule has 7 heteroatoms. The summed E-state index contributed by atoms with van der Waals surface area (Å²) in [5.74, 6) is -0.0978. The molecule has 7 nitrogen and oxygen atoms in total. The summed E-state index contributed by atoms with van der Waals surface area (Å²) in [7, 11) is 1.74. The van der Waals surface area contributed by atoms with Gasteiger partial charge in [0.1, 0.15) is 5.69 Å². The summed E-state index contributed by atoms with van der Waals surface area (Å²) in [6, 6.07) is 8.92. The van der Waals surface area contributed by atoms with Gasteiger partial charge in [0.25, 0.3) is 5.91 Å². The largest absolute Gasteiger partial charge is 0.335 e. The number of hydrogen-bond acceptors (Lipinski definition) is 4. The second kappa shape index (κ2) is 5.59. The SMILES string of the molecule is Cn1c(=O)n([C@@H]2CCN(C(=O)c3ccccn3)C2)c2ncccc21. The predicted molar refractivity (Wildman–Crippen MR) is 88.8 cm³/mol. The lowest BCUT2D eigenvalue weighted by Gasteiger charge is -2.16. The first-order valence-corrected chi connectivity index (χ1v) is 7.89. The minimum atomic E-state index is -0.0978. The number of nitrogens with zero attached hydrogens (tertiary/aromatic N) is 5. The highest BCUT2D eigenvalue weighted by atomic mass is 16.2. The van der Waals surface area contributed by atoms with Gasteiger partial charge in [0, 0.05) is 32.5 Å². The summed E-state index contributed by atoms with van der Waals surface area (Å²) in [5.41, 5.74) is 1.81. The Morgan fingerprint density at radius 2 is 2.00 bits per heavy atom. The summed E-state index contributed by atoms with van der Waals surface area (Å²) in [6.07, 6.45) is 4.03. The number of pyridine rings is 2. The molecule has 0 aromatic carbocycles. The van der Waals surface area contributed by atoms with E-state index in [1.807, 2.05) is 12.1 Å². The van der Waals surface area contributed by atoms with Crippen molar-refractivity contribution in [2.75, 3.05) is 13.1 Å².